The summed E-state index contributed by atoms with van der Waals surface area (Å²) in [5.74, 6) is -0.552. The van der Waals surface area contributed by atoms with Crippen LogP contribution in [0.5, 0.6) is 0 Å². The van der Waals surface area contributed by atoms with Gasteiger partial charge in [-0.25, -0.2) is 4.57 Å². The molecule has 11 heteroatoms. The average Bonchev–Trinajstić information content (AvgIpc) is 2.26. The zero-order chi connectivity index (χ0) is 14.8. The highest BCUT2D eigenvalue weighted by Crippen LogP contribution is 2.36. The fourth-order valence-corrected chi connectivity index (χ4v) is 1.99. The third-order valence-corrected chi connectivity index (χ3v) is 2.98. The van der Waals surface area contributed by atoms with Gasteiger partial charge in [0.25, 0.3) is 0 Å². The first-order valence-electron chi connectivity index (χ1n) is 5.28. The van der Waals surface area contributed by atoms with E-state index >= 15 is 0 Å². The molecule has 1 aliphatic rings. The predicted molar refractivity (Wildman–Crippen MR) is 58.5 cm³/mol. The van der Waals surface area contributed by atoms with Crippen molar-refractivity contribution in [1.29, 1.82) is 0 Å². The average molecular weight is 301 g/mol. The number of nitrogens with one attached hydrogen (secondary N) is 1. The van der Waals surface area contributed by atoms with Gasteiger partial charge >= 0.3 is 7.82 Å². The van der Waals surface area contributed by atoms with Gasteiger partial charge in [0.2, 0.25) is 5.91 Å². The van der Waals surface area contributed by atoms with Crippen molar-refractivity contribution < 1.29 is 43.7 Å². The van der Waals surface area contributed by atoms with Gasteiger partial charge in [-0.1, -0.05) is 0 Å². The summed E-state index contributed by atoms with van der Waals surface area (Å²) >= 11 is 0. The van der Waals surface area contributed by atoms with Crippen LogP contribution < -0.4 is 5.32 Å². The van der Waals surface area contributed by atoms with Crippen LogP contribution in [-0.2, 0) is 18.6 Å². The van der Waals surface area contributed by atoms with E-state index in [-0.39, 0.29) is 0 Å². The topological polar surface area (TPSA) is 166 Å². The van der Waals surface area contributed by atoms with E-state index in [9.17, 15) is 24.7 Å². The van der Waals surface area contributed by atoms with Gasteiger partial charge in [0.15, 0.2) is 6.29 Å². The second-order valence-corrected chi connectivity index (χ2v) is 5.30. The molecule has 0 saturated carbocycles. The molecule has 0 spiro atoms. The molecule has 10 nitrogen and oxygen atoms in total. The first-order chi connectivity index (χ1) is 8.61. The summed E-state index contributed by atoms with van der Waals surface area (Å²) in [4.78, 5) is 27.9. The van der Waals surface area contributed by atoms with E-state index in [2.05, 4.69) is 9.84 Å². The van der Waals surface area contributed by atoms with Crippen LogP contribution in [0.25, 0.3) is 0 Å². The van der Waals surface area contributed by atoms with E-state index in [0.717, 1.165) is 6.92 Å². The molecule has 112 valence electrons. The molecule has 1 amide bonds. The van der Waals surface area contributed by atoms with E-state index in [1.54, 1.807) is 0 Å². The Morgan fingerprint density at radius 2 is 1.89 bits per heavy atom. The lowest BCUT2D eigenvalue weighted by molar-refractivity contribution is -0.252. The molecule has 1 fully saturated rings. The normalized spacial score (nSPS) is 36.0. The Kier molecular flexibility index (Phi) is 5.42. The van der Waals surface area contributed by atoms with Gasteiger partial charge < -0.3 is 35.2 Å². The van der Waals surface area contributed by atoms with Gasteiger partial charge in [-0.3, -0.25) is 9.32 Å². The largest absolute Gasteiger partial charge is 0.469 e. The molecule has 1 heterocycles. The lowest BCUT2D eigenvalue weighted by atomic mass is 9.97. The van der Waals surface area contributed by atoms with Crippen LogP contribution in [0.15, 0.2) is 0 Å². The summed E-state index contributed by atoms with van der Waals surface area (Å²) in [6, 6.07) is -1.25. The Morgan fingerprint density at radius 3 is 2.37 bits per heavy atom. The maximum absolute atomic E-state index is 10.9. The molecule has 0 aromatic heterocycles. The minimum atomic E-state index is -4.76. The van der Waals surface area contributed by atoms with E-state index < -0.39 is 51.0 Å². The number of carbonyl (C=O) groups excluding carboxylic acids is 1. The summed E-state index contributed by atoms with van der Waals surface area (Å²) in [7, 11) is -4.76. The summed E-state index contributed by atoms with van der Waals surface area (Å²) in [6.45, 7) is 0.418. The lowest BCUT2D eigenvalue weighted by Crippen LogP contribution is -2.64. The Bertz CT molecular complexity index is 371. The number of phosphoric acid groups is 1. The van der Waals surface area contributed by atoms with Crippen molar-refractivity contribution in [2.24, 2.45) is 0 Å². The fourth-order valence-electron chi connectivity index (χ4n) is 1.65. The predicted octanol–water partition coefficient (Wildman–Crippen LogP) is -2.96. The summed E-state index contributed by atoms with van der Waals surface area (Å²) < 4.78 is 19.5. The number of phosphoric ester groups is 1. The third-order valence-electron chi connectivity index (χ3n) is 2.50. The number of rotatable bonds is 4. The smallest absolute Gasteiger partial charge is 0.388 e. The molecule has 0 aromatic carbocycles. The number of aliphatic hydroxyl groups is 3. The molecule has 0 unspecified atom stereocenters. The van der Waals surface area contributed by atoms with Gasteiger partial charge in [0.1, 0.15) is 24.4 Å². The Morgan fingerprint density at radius 1 is 1.32 bits per heavy atom. The van der Waals surface area contributed by atoms with Crippen LogP contribution >= 0.6 is 7.82 Å². The molecular formula is C8H16NO9P. The van der Waals surface area contributed by atoms with Crippen LogP contribution in [0, 0.1) is 0 Å². The van der Waals surface area contributed by atoms with Gasteiger partial charge in [0.05, 0.1) is 6.61 Å². The number of hydrogen-bond donors (Lipinski definition) is 6. The highest BCUT2D eigenvalue weighted by Gasteiger charge is 2.44. The molecular weight excluding hydrogens is 285 g/mol. The van der Waals surface area contributed by atoms with E-state index in [1.807, 2.05) is 0 Å². The molecule has 1 saturated heterocycles. The number of hydrogen-bond acceptors (Lipinski definition) is 7. The van der Waals surface area contributed by atoms with Crippen molar-refractivity contribution >= 4 is 13.7 Å². The summed E-state index contributed by atoms with van der Waals surface area (Å²) in [5, 5.41) is 31.1. The number of carbonyl (C=O) groups is 1. The summed E-state index contributed by atoms with van der Waals surface area (Å²) in [5.41, 5.74) is 0. The maximum atomic E-state index is 10.9. The molecule has 0 bridgehead atoms. The van der Waals surface area contributed by atoms with Crippen LogP contribution in [0.3, 0.4) is 0 Å². The lowest BCUT2D eigenvalue weighted by Gasteiger charge is -2.40. The van der Waals surface area contributed by atoms with Gasteiger partial charge in [-0.2, -0.15) is 0 Å². The van der Waals surface area contributed by atoms with Crippen molar-refractivity contribution in [2.45, 2.75) is 37.6 Å². The molecule has 6 N–H and O–H groups in total. The van der Waals surface area contributed by atoms with Gasteiger partial charge in [-0.05, 0) is 0 Å². The number of amides is 1. The molecule has 0 aromatic rings. The molecule has 1 rings (SSSR count). The third kappa shape index (κ3) is 4.79. The van der Waals surface area contributed by atoms with Crippen LogP contribution in [0.1, 0.15) is 6.92 Å². The number of aliphatic hydroxyl groups excluding tert-OH is 3. The minimum absolute atomic E-state index is 0.552. The van der Waals surface area contributed by atoms with Crippen LogP contribution in [0.4, 0.5) is 0 Å². The number of ether oxygens (including phenoxy) is 1. The van der Waals surface area contributed by atoms with E-state index in [1.165, 1.54) is 0 Å². The van der Waals surface area contributed by atoms with Crippen molar-refractivity contribution in [3.63, 3.8) is 0 Å². The first-order valence-corrected chi connectivity index (χ1v) is 6.81. The maximum Gasteiger partial charge on any atom is 0.469 e. The standard InChI is InChI=1S/C8H16NO9P/c1-3(10)9-5-7(12)6(11)4(18-8(5)13)2-17-19(14,15)16/h4-8,11-13H,2H2,1H3,(H,9,10)(H2,14,15,16)/t4-,5+,6-,7-,8+/m1/s1. The SMILES string of the molecule is CC(=O)N[C@H]1[C@@H](O)[C@H](O)[C@@H](COP(=O)(O)O)O[C@@H]1O. The fraction of sp³-hybridized carbons (Fsp3) is 0.875. The molecule has 1 aliphatic heterocycles. The van der Waals surface area contributed by atoms with Gasteiger partial charge in [0, 0.05) is 6.92 Å². The highest BCUT2D eigenvalue weighted by atomic mass is 31.2. The van der Waals surface area contributed by atoms with Crippen LogP contribution in [-0.4, -0.2) is 68.3 Å². The van der Waals surface area contributed by atoms with E-state index in [0.29, 0.717) is 0 Å². The van der Waals surface area contributed by atoms with E-state index in [4.69, 9.17) is 14.5 Å². The second-order valence-electron chi connectivity index (χ2n) is 4.06. The Balaban J connectivity index is 2.66. The van der Waals surface area contributed by atoms with Crippen LogP contribution in [0.2, 0.25) is 0 Å². The zero-order valence-corrected chi connectivity index (χ0v) is 10.8. The van der Waals surface area contributed by atoms with Crippen molar-refractivity contribution in [3.05, 3.63) is 0 Å². The second kappa shape index (κ2) is 6.25. The van der Waals surface area contributed by atoms with Crippen molar-refractivity contribution in [3.8, 4) is 0 Å². The minimum Gasteiger partial charge on any atom is -0.388 e. The van der Waals surface area contributed by atoms with Crippen molar-refractivity contribution in [2.75, 3.05) is 6.61 Å². The summed E-state index contributed by atoms with van der Waals surface area (Å²) in [6.07, 6.45) is -6.15. The molecule has 19 heavy (non-hydrogen) atoms. The molecule has 0 radical (unpaired) electrons. The highest BCUT2D eigenvalue weighted by molar-refractivity contribution is 7.46. The van der Waals surface area contributed by atoms with Gasteiger partial charge in [-0.15, -0.1) is 0 Å². The molecule has 0 aliphatic carbocycles. The zero-order valence-electron chi connectivity index (χ0n) is 9.91. The first kappa shape index (κ1) is 16.5. The van der Waals surface area contributed by atoms with Crippen molar-refractivity contribution in [1.82, 2.24) is 5.32 Å². The Hall–Kier alpha value is -0.580. The Labute approximate surface area is 108 Å². The quantitative estimate of drug-likeness (QED) is 0.297. The molecule has 5 atom stereocenters. The monoisotopic (exact) mass is 301 g/mol.